The Labute approximate surface area is 236 Å². The van der Waals surface area contributed by atoms with E-state index in [2.05, 4.69) is 24.3 Å². The Morgan fingerprint density at radius 2 is 1.22 bits per heavy atom. The molecule has 0 N–H and O–H groups in total. The van der Waals surface area contributed by atoms with E-state index in [0.29, 0.717) is 28.4 Å². The molecule has 3 heterocycles. The summed E-state index contributed by atoms with van der Waals surface area (Å²) >= 11 is 0. The van der Waals surface area contributed by atoms with Gasteiger partial charge in [0.05, 0.1) is 16.6 Å². The molecule has 0 spiro atoms. The highest BCUT2D eigenvalue weighted by Crippen LogP contribution is 2.33. The predicted molar refractivity (Wildman–Crippen MR) is 163 cm³/mol. The monoisotopic (exact) mass is 531 g/mol. The van der Waals surface area contributed by atoms with Crippen LogP contribution in [0.15, 0.2) is 95.8 Å². The standard InChI is InChI=1S/C35H25N5O/c41-35-28-21-24(33-38-31(22-11-3-1-4-12-22)37-32(39-33)23-13-5-2-6-14-23)19-20-29(28)36-34-27-17-8-7-15-25(27)26-16-9-10-18-30(26)40(34)35/h1-6,8,10-14,17-21H,7,9,15-16H2. The Morgan fingerprint density at radius 3 is 1.90 bits per heavy atom. The number of allylic oxidation sites excluding steroid dienone is 2. The van der Waals surface area contributed by atoms with Crippen LogP contribution >= 0.6 is 0 Å². The molecule has 0 saturated carbocycles. The van der Waals surface area contributed by atoms with E-state index in [9.17, 15) is 4.79 Å². The average molecular weight is 532 g/mol. The Kier molecular flexibility index (Phi) is 5.45. The molecule has 0 unspecified atom stereocenters. The number of aromatic nitrogens is 5. The van der Waals surface area contributed by atoms with E-state index >= 15 is 0 Å². The van der Waals surface area contributed by atoms with Crippen LogP contribution in [-0.2, 0) is 12.8 Å². The van der Waals surface area contributed by atoms with Crippen molar-refractivity contribution in [2.45, 2.75) is 25.7 Å². The lowest BCUT2D eigenvalue weighted by molar-refractivity contribution is 0.870. The minimum atomic E-state index is -0.0722. The zero-order valence-corrected chi connectivity index (χ0v) is 22.3. The van der Waals surface area contributed by atoms with E-state index in [1.165, 1.54) is 11.1 Å². The molecule has 2 aliphatic rings. The maximum absolute atomic E-state index is 14.2. The average Bonchev–Trinajstić information content (AvgIpc) is 3.05. The van der Waals surface area contributed by atoms with Gasteiger partial charge in [0.15, 0.2) is 17.5 Å². The van der Waals surface area contributed by atoms with Crippen molar-refractivity contribution in [3.05, 3.63) is 124 Å². The first-order valence-corrected chi connectivity index (χ1v) is 14.0. The lowest BCUT2D eigenvalue weighted by atomic mass is 9.88. The van der Waals surface area contributed by atoms with Crippen LogP contribution in [0.4, 0.5) is 0 Å². The summed E-state index contributed by atoms with van der Waals surface area (Å²) in [5.41, 5.74) is 8.51. The van der Waals surface area contributed by atoms with Gasteiger partial charge in [0.2, 0.25) is 0 Å². The number of fused-ring (bicyclic) bond motifs is 7. The maximum Gasteiger partial charge on any atom is 0.266 e. The molecule has 3 aromatic carbocycles. The summed E-state index contributed by atoms with van der Waals surface area (Å²) in [5.74, 6) is 1.68. The summed E-state index contributed by atoms with van der Waals surface area (Å²) in [6, 6.07) is 25.5. The first kappa shape index (κ1) is 23.6. The van der Waals surface area contributed by atoms with Crippen LogP contribution in [0.2, 0.25) is 0 Å². The molecule has 8 rings (SSSR count). The molecule has 196 valence electrons. The molecule has 0 bridgehead atoms. The van der Waals surface area contributed by atoms with Gasteiger partial charge in [0.1, 0.15) is 5.65 Å². The molecular formula is C35H25N5O. The molecular weight excluding hydrogens is 506 g/mol. The van der Waals surface area contributed by atoms with Crippen molar-refractivity contribution in [2.24, 2.45) is 0 Å². The smallest absolute Gasteiger partial charge is 0.266 e. The van der Waals surface area contributed by atoms with E-state index in [0.717, 1.165) is 59.3 Å². The Bertz CT molecular complexity index is 2050. The predicted octanol–water partition coefficient (Wildman–Crippen LogP) is 6.95. The molecule has 2 aliphatic carbocycles. The second-order valence-corrected chi connectivity index (χ2v) is 10.5. The third-order valence-electron chi connectivity index (χ3n) is 7.99. The molecule has 0 radical (unpaired) electrons. The topological polar surface area (TPSA) is 73.0 Å². The van der Waals surface area contributed by atoms with Crippen LogP contribution < -0.4 is 5.56 Å². The molecule has 0 atom stereocenters. The molecule has 0 amide bonds. The number of rotatable bonds is 3. The fourth-order valence-electron chi connectivity index (χ4n) is 6.02. The van der Waals surface area contributed by atoms with Gasteiger partial charge in [0.25, 0.3) is 5.56 Å². The molecule has 0 saturated heterocycles. The lowest BCUT2D eigenvalue weighted by Crippen LogP contribution is -2.23. The minimum Gasteiger partial charge on any atom is -0.268 e. The Hall–Kier alpha value is -5.23. The summed E-state index contributed by atoms with van der Waals surface area (Å²) in [5, 5.41) is 0.545. The summed E-state index contributed by atoms with van der Waals surface area (Å²) in [7, 11) is 0. The molecule has 6 aromatic rings. The van der Waals surface area contributed by atoms with Gasteiger partial charge < -0.3 is 0 Å². The van der Waals surface area contributed by atoms with E-state index in [-0.39, 0.29) is 5.56 Å². The summed E-state index contributed by atoms with van der Waals surface area (Å²) in [4.78, 5) is 33.8. The minimum absolute atomic E-state index is 0.0722. The maximum atomic E-state index is 14.2. The van der Waals surface area contributed by atoms with Crippen molar-refractivity contribution >= 4 is 28.7 Å². The van der Waals surface area contributed by atoms with Crippen molar-refractivity contribution in [2.75, 3.05) is 0 Å². The molecule has 0 fully saturated rings. The van der Waals surface area contributed by atoms with Crippen molar-refractivity contribution < 1.29 is 0 Å². The van der Waals surface area contributed by atoms with Crippen molar-refractivity contribution in [3.63, 3.8) is 0 Å². The van der Waals surface area contributed by atoms with E-state index < -0.39 is 0 Å². The van der Waals surface area contributed by atoms with Crippen LogP contribution in [0.3, 0.4) is 0 Å². The van der Waals surface area contributed by atoms with E-state index in [1.807, 2.05) is 83.3 Å². The Balaban J connectivity index is 1.37. The van der Waals surface area contributed by atoms with Crippen LogP contribution in [0.1, 0.15) is 35.2 Å². The van der Waals surface area contributed by atoms with Crippen molar-refractivity contribution in [3.8, 4) is 34.2 Å². The largest absolute Gasteiger partial charge is 0.268 e. The van der Waals surface area contributed by atoms with Gasteiger partial charge in [0, 0.05) is 22.3 Å². The normalized spacial score (nSPS) is 13.9. The first-order valence-electron chi connectivity index (χ1n) is 14.0. The molecule has 6 nitrogen and oxygen atoms in total. The SMILES string of the molecule is O=c1c2cc(-c3nc(-c4ccccc4)nc(-c4ccccc4)n3)ccc2nc2c3c(c4c(n12)C=CCC4)CCC=C3. The van der Waals surface area contributed by atoms with E-state index in [4.69, 9.17) is 19.9 Å². The second-order valence-electron chi connectivity index (χ2n) is 10.5. The van der Waals surface area contributed by atoms with Gasteiger partial charge >= 0.3 is 0 Å². The quantitative estimate of drug-likeness (QED) is 0.231. The van der Waals surface area contributed by atoms with E-state index in [1.54, 1.807) is 0 Å². The van der Waals surface area contributed by atoms with Crippen LogP contribution in [0.5, 0.6) is 0 Å². The first-order chi connectivity index (χ1) is 20.2. The molecule has 41 heavy (non-hydrogen) atoms. The second kappa shape index (κ2) is 9.45. The third-order valence-corrected chi connectivity index (χ3v) is 7.99. The van der Waals surface area contributed by atoms with Gasteiger partial charge in [-0.1, -0.05) is 78.9 Å². The van der Waals surface area contributed by atoms with Gasteiger partial charge in [-0.05, 0) is 61.1 Å². The highest BCUT2D eigenvalue weighted by Gasteiger charge is 2.23. The third kappa shape index (κ3) is 3.91. The highest BCUT2D eigenvalue weighted by atomic mass is 16.1. The lowest BCUT2D eigenvalue weighted by Gasteiger charge is -2.23. The fourth-order valence-corrected chi connectivity index (χ4v) is 6.02. The highest BCUT2D eigenvalue weighted by molar-refractivity contribution is 5.87. The molecule has 3 aromatic heterocycles. The van der Waals surface area contributed by atoms with Gasteiger partial charge in [-0.2, -0.15) is 0 Å². The van der Waals surface area contributed by atoms with Crippen LogP contribution in [0.25, 0.3) is 62.9 Å². The zero-order valence-electron chi connectivity index (χ0n) is 22.3. The molecule has 6 heteroatoms. The number of pyridine rings is 1. The van der Waals surface area contributed by atoms with Gasteiger partial charge in [-0.3, -0.25) is 9.20 Å². The Morgan fingerprint density at radius 1 is 0.610 bits per heavy atom. The van der Waals surface area contributed by atoms with Crippen molar-refractivity contribution in [1.29, 1.82) is 0 Å². The van der Waals surface area contributed by atoms with Crippen LogP contribution in [0, 0.1) is 0 Å². The van der Waals surface area contributed by atoms with Gasteiger partial charge in [-0.15, -0.1) is 0 Å². The van der Waals surface area contributed by atoms with Crippen molar-refractivity contribution in [1.82, 2.24) is 24.3 Å². The molecule has 0 aliphatic heterocycles. The number of hydrogen-bond donors (Lipinski definition) is 0. The van der Waals surface area contributed by atoms with Crippen LogP contribution in [-0.4, -0.2) is 24.3 Å². The number of benzene rings is 3. The number of hydrogen-bond acceptors (Lipinski definition) is 5. The summed E-state index contributed by atoms with van der Waals surface area (Å²) < 4.78 is 1.81. The van der Waals surface area contributed by atoms with Gasteiger partial charge in [-0.25, -0.2) is 19.9 Å². The summed E-state index contributed by atoms with van der Waals surface area (Å²) in [6.07, 6.45) is 12.5. The number of nitrogens with zero attached hydrogens (tertiary/aromatic N) is 5. The fraction of sp³-hybridized carbons (Fsp3) is 0.114. The summed E-state index contributed by atoms with van der Waals surface area (Å²) in [6.45, 7) is 0. The zero-order chi connectivity index (χ0) is 27.3.